The van der Waals surface area contributed by atoms with Crippen LogP contribution in [0.2, 0.25) is 0 Å². The van der Waals surface area contributed by atoms with Gasteiger partial charge in [0.1, 0.15) is 10.4 Å². The minimum Gasteiger partial charge on any atom is -0.243 e. The van der Waals surface area contributed by atoms with E-state index >= 15 is 0 Å². The number of nitrogens with one attached hydrogen (secondary N) is 1. The molecule has 16 heavy (non-hydrogen) atoms. The molecule has 2 aromatic rings. The number of benzene rings is 1. The molecule has 0 radical (unpaired) electrons. The molecule has 0 saturated heterocycles. The van der Waals surface area contributed by atoms with Gasteiger partial charge < -0.3 is 0 Å². The molecule has 0 aliphatic carbocycles. The van der Waals surface area contributed by atoms with Crippen molar-refractivity contribution in [2.75, 3.05) is 12.3 Å². The highest BCUT2D eigenvalue weighted by Gasteiger charge is 2.19. The lowest BCUT2D eigenvalue weighted by Gasteiger charge is -2.04. The molecule has 0 aliphatic heterocycles. The first kappa shape index (κ1) is 11.4. The molecule has 0 spiro atoms. The Hall–Kier alpha value is -1.12. The summed E-state index contributed by atoms with van der Waals surface area (Å²) >= 11 is 3.93. The van der Waals surface area contributed by atoms with Gasteiger partial charge in [0.2, 0.25) is 10.0 Å². The van der Waals surface area contributed by atoms with Crippen molar-refractivity contribution in [3.8, 4) is 0 Å². The Morgan fingerprint density at radius 3 is 2.94 bits per heavy atom. The Morgan fingerprint density at radius 1 is 1.38 bits per heavy atom. The van der Waals surface area contributed by atoms with Crippen LogP contribution in [-0.4, -0.2) is 31.0 Å². The van der Waals surface area contributed by atoms with Crippen LogP contribution in [0.1, 0.15) is 0 Å². The number of sulfonamides is 1. The minimum absolute atomic E-state index is 0.0630. The third-order valence-corrected chi connectivity index (χ3v) is 3.66. The highest BCUT2D eigenvalue weighted by molar-refractivity contribution is 7.89. The van der Waals surface area contributed by atoms with Gasteiger partial charge in [-0.25, -0.2) is 17.8 Å². The quantitative estimate of drug-likeness (QED) is 0.778. The van der Waals surface area contributed by atoms with E-state index < -0.39 is 10.0 Å². The van der Waals surface area contributed by atoms with Crippen molar-refractivity contribution in [3.05, 3.63) is 18.2 Å². The summed E-state index contributed by atoms with van der Waals surface area (Å²) in [7, 11) is -3.58. The van der Waals surface area contributed by atoms with E-state index in [1.54, 1.807) is 12.1 Å². The number of hydrogen-bond donors (Lipinski definition) is 2. The molecule has 2 rings (SSSR count). The summed E-state index contributed by atoms with van der Waals surface area (Å²) in [6.07, 6.45) is 0. The van der Waals surface area contributed by atoms with Crippen LogP contribution in [0.25, 0.3) is 11.0 Å². The summed E-state index contributed by atoms with van der Waals surface area (Å²) in [6.45, 7) is 0.257. The molecule has 0 amide bonds. The molecule has 8 heteroatoms. The van der Waals surface area contributed by atoms with Crippen LogP contribution < -0.4 is 4.72 Å². The zero-order chi connectivity index (χ0) is 11.6. The van der Waals surface area contributed by atoms with Crippen LogP contribution >= 0.6 is 12.6 Å². The van der Waals surface area contributed by atoms with Gasteiger partial charge in [0.25, 0.3) is 0 Å². The van der Waals surface area contributed by atoms with Crippen LogP contribution in [-0.2, 0) is 10.0 Å². The maximum atomic E-state index is 11.8. The zero-order valence-corrected chi connectivity index (χ0v) is 9.83. The first-order chi connectivity index (χ1) is 7.65. The van der Waals surface area contributed by atoms with E-state index in [1.807, 2.05) is 0 Å². The molecular weight excluding hydrogens is 250 g/mol. The smallest absolute Gasteiger partial charge is 0.242 e. The number of nitrogens with zero attached hydrogens (tertiary/aromatic N) is 2. The fourth-order valence-corrected chi connectivity index (χ4v) is 2.70. The number of thiol groups is 1. The van der Waals surface area contributed by atoms with E-state index in [4.69, 9.17) is 0 Å². The molecule has 6 nitrogen and oxygen atoms in total. The summed E-state index contributed by atoms with van der Waals surface area (Å²) in [4.78, 5) is 0.0630. The molecule has 1 heterocycles. The maximum absolute atomic E-state index is 11.8. The molecule has 0 atom stereocenters. The number of aromatic nitrogens is 2. The number of fused-ring (bicyclic) bond motifs is 1. The summed E-state index contributed by atoms with van der Waals surface area (Å²) in [5, 5.41) is 7.15. The normalized spacial score (nSPS) is 12.1. The predicted octanol–water partition coefficient (Wildman–Crippen LogP) is 0.431. The van der Waals surface area contributed by atoms with E-state index in [0.717, 1.165) is 0 Å². The van der Waals surface area contributed by atoms with Crippen molar-refractivity contribution >= 4 is 33.7 Å². The van der Waals surface area contributed by atoms with Gasteiger partial charge in [0.05, 0.1) is 0 Å². The molecule has 1 aromatic heterocycles. The van der Waals surface area contributed by atoms with Crippen LogP contribution in [0.4, 0.5) is 0 Å². The largest absolute Gasteiger partial charge is 0.243 e. The first-order valence-corrected chi connectivity index (χ1v) is 6.58. The summed E-state index contributed by atoms with van der Waals surface area (Å²) in [5.41, 5.74) is 0.642. The molecule has 0 fully saturated rings. The van der Waals surface area contributed by atoms with E-state index in [9.17, 15) is 8.42 Å². The molecule has 0 aliphatic rings. The minimum atomic E-state index is -3.58. The Balaban J connectivity index is 2.50. The summed E-state index contributed by atoms with van der Waals surface area (Å²) in [6, 6.07) is 4.67. The van der Waals surface area contributed by atoms with Crippen molar-refractivity contribution in [2.24, 2.45) is 0 Å². The lowest BCUT2D eigenvalue weighted by Crippen LogP contribution is -2.25. The average molecular weight is 259 g/mol. The third kappa shape index (κ3) is 2.04. The highest BCUT2D eigenvalue weighted by atomic mass is 32.2. The topological polar surface area (TPSA) is 85.1 Å². The van der Waals surface area contributed by atoms with Gasteiger partial charge in [-0.3, -0.25) is 0 Å². The van der Waals surface area contributed by atoms with E-state index in [-0.39, 0.29) is 17.0 Å². The van der Waals surface area contributed by atoms with E-state index in [0.29, 0.717) is 11.3 Å². The number of hydrogen-bond acceptors (Lipinski definition) is 6. The first-order valence-electron chi connectivity index (χ1n) is 4.47. The fraction of sp³-hybridized carbons (Fsp3) is 0.250. The second-order valence-corrected chi connectivity index (χ2v) is 5.19. The zero-order valence-electron chi connectivity index (χ0n) is 8.12. The van der Waals surface area contributed by atoms with Crippen LogP contribution in [0.3, 0.4) is 0 Å². The van der Waals surface area contributed by atoms with Crippen molar-refractivity contribution in [1.29, 1.82) is 0 Å². The molecule has 1 aromatic carbocycles. The van der Waals surface area contributed by atoms with Crippen LogP contribution in [0.15, 0.2) is 27.7 Å². The third-order valence-electron chi connectivity index (χ3n) is 1.94. The van der Waals surface area contributed by atoms with Gasteiger partial charge in [-0.1, -0.05) is 6.07 Å². The van der Waals surface area contributed by atoms with Gasteiger partial charge in [-0.2, -0.15) is 12.6 Å². The summed E-state index contributed by atoms with van der Waals surface area (Å²) < 4.78 is 30.6. The second-order valence-electron chi connectivity index (χ2n) is 3.01. The lowest BCUT2D eigenvalue weighted by molar-refractivity contribution is 0.315. The van der Waals surface area contributed by atoms with Gasteiger partial charge in [0.15, 0.2) is 5.52 Å². The van der Waals surface area contributed by atoms with Gasteiger partial charge in [0, 0.05) is 12.3 Å². The SMILES string of the molecule is O=S(=O)(NCCS)c1cccc2nonc12. The molecular formula is C8H9N3O3S2. The number of rotatable bonds is 4. The summed E-state index contributed by atoms with van der Waals surface area (Å²) in [5.74, 6) is 0.423. The Labute approximate surface area is 97.4 Å². The molecule has 0 saturated carbocycles. The Bertz CT molecular complexity index is 593. The van der Waals surface area contributed by atoms with Crippen LogP contribution in [0, 0.1) is 0 Å². The van der Waals surface area contributed by atoms with Gasteiger partial charge in [-0.15, -0.1) is 0 Å². The van der Waals surface area contributed by atoms with Gasteiger partial charge in [-0.05, 0) is 22.4 Å². The van der Waals surface area contributed by atoms with Crippen LogP contribution in [0.5, 0.6) is 0 Å². The van der Waals surface area contributed by atoms with Crippen molar-refractivity contribution < 1.29 is 13.0 Å². The average Bonchev–Trinajstić information content (AvgIpc) is 2.73. The van der Waals surface area contributed by atoms with Crippen molar-refractivity contribution in [2.45, 2.75) is 4.90 Å². The van der Waals surface area contributed by atoms with E-state index in [1.165, 1.54) is 6.07 Å². The Kier molecular flexibility index (Phi) is 3.13. The molecule has 86 valence electrons. The highest BCUT2D eigenvalue weighted by Crippen LogP contribution is 2.19. The van der Waals surface area contributed by atoms with Gasteiger partial charge >= 0.3 is 0 Å². The van der Waals surface area contributed by atoms with Crippen molar-refractivity contribution in [3.63, 3.8) is 0 Å². The Morgan fingerprint density at radius 2 is 2.19 bits per heavy atom. The maximum Gasteiger partial charge on any atom is 0.242 e. The standard InChI is InChI=1S/C8H9N3O3S2/c12-16(13,9-4-5-15)7-3-1-2-6-8(7)11-14-10-6/h1-3,9,15H,4-5H2. The lowest BCUT2D eigenvalue weighted by atomic mass is 10.3. The molecule has 1 N–H and O–H groups in total. The predicted molar refractivity (Wildman–Crippen MR) is 60.8 cm³/mol. The second kappa shape index (κ2) is 4.40. The monoisotopic (exact) mass is 259 g/mol. The molecule has 0 bridgehead atoms. The fourth-order valence-electron chi connectivity index (χ4n) is 1.26. The van der Waals surface area contributed by atoms with Crippen molar-refractivity contribution in [1.82, 2.24) is 15.0 Å². The molecule has 0 unspecified atom stereocenters. The van der Waals surface area contributed by atoms with E-state index in [2.05, 4.69) is 32.3 Å².